The van der Waals surface area contributed by atoms with Gasteiger partial charge in [0.25, 0.3) is 0 Å². The van der Waals surface area contributed by atoms with Gasteiger partial charge in [0.1, 0.15) is 13.2 Å². The highest BCUT2D eigenvalue weighted by atomic mass is 35.5. The number of rotatable bonds is 14. The number of urea groups is 1. The van der Waals surface area contributed by atoms with Crippen LogP contribution < -0.4 is 35.0 Å². The third kappa shape index (κ3) is 8.05. The van der Waals surface area contributed by atoms with Crippen LogP contribution in [0.2, 0.25) is 5.02 Å². The summed E-state index contributed by atoms with van der Waals surface area (Å²) in [5.41, 5.74) is 4.41. The Morgan fingerprint density at radius 2 is 1.98 bits per heavy atom. The van der Waals surface area contributed by atoms with Gasteiger partial charge in [-0.05, 0) is 49.2 Å². The van der Waals surface area contributed by atoms with E-state index in [1.807, 2.05) is 0 Å². The van der Waals surface area contributed by atoms with Gasteiger partial charge in [-0.2, -0.15) is 5.10 Å². The number of nitrogens with one attached hydrogen (secondary N) is 3. The maximum Gasteiger partial charge on any atom is 0.337 e. The number of amides is 2. The van der Waals surface area contributed by atoms with Gasteiger partial charge in [-0.15, -0.1) is 0 Å². The SMILES string of the molecule is C=CCOc1c(Cl)cc(/C=N\N[C@@H](O)COc2ccc([C@@H]3NC(=O)NC(C)=C3C(=O)OC)cc2OCC)cc1OC. The van der Waals surface area contributed by atoms with Crippen LogP contribution >= 0.6 is 11.6 Å². The molecule has 0 bridgehead atoms. The van der Waals surface area contributed by atoms with Crippen LogP contribution in [0.5, 0.6) is 23.0 Å². The van der Waals surface area contributed by atoms with Crippen molar-refractivity contribution in [3.8, 4) is 23.0 Å². The van der Waals surface area contributed by atoms with Crippen molar-refractivity contribution in [3.05, 3.63) is 70.4 Å². The molecule has 2 atom stereocenters. The first-order valence-electron chi connectivity index (χ1n) is 12.6. The summed E-state index contributed by atoms with van der Waals surface area (Å²) in [5.74, 6) is 0.929. The predicted molar refractivity (Wildman–Crippen MR) is 153 cm³/mol. The maximum atomic E-state index is 12.4. The van der Waals surface area contributed by atoms with E-state index in [0.717, 1.165) is 0 Å². The number of ether oxygens (including phenoxy) is 5. The number of aliphatic hydroxyl groups excluding tert-OH is 1. The van der Waals surface area contributed by atoms with E-state index in [9.17, 15) is 14.7 Å². The molecule has 0 saturated heterocycles. The van der Waals surface area contributed by atoms with Gasteiger partial charge < -0.3 is 39.4 Å². The van der Waals surface area contributed by atoms with E-state index in [-0.39, 0.29) is 18.8 Å². The number of esters is 1. The van der Waals surface area contributed by atoms with Crippen molar-refractivity contribution in [3.63, 3.8) is 0 Å². The molecule has 0 fully saturated rings. The number of carbonyl (C=O) groups is 2. The van der Waals surface area contributed by atoms with E-state index >= 15 is 0 Å². The van der Waals surface area contributed by atoms with Crippen molar-refractivity contribution >= 4 is 29.8 Å². The molecule has 3 rings (SSSR count). The molecule has 0 aromatic heterocycles. The number of nitrogens with zero attached hydrogens (tertiary/aromatic N) is 1. The Kier molecular flexibility index (Phi) is 11.2. The van der Waals surface area contributed by atoms with Gasteiger partial charge in [0.2, 0.25) is 0 Å². The van der Waals surface area contributed by atoms with E-state index < -0.39 is 24.3 Å². The average molecular weight is 589 g/mol. The molecule has 1 aliphatic rings. The smallest absolute Gasteiger partial charge is 0.337 e. The highest BCUT2D eigenvalue weighted by Crippen LogP contribution is 2.36. The number of aliphatic hydroxyl groups is 1. The lowest BCUT2D eigenvalue weighted by molar-refractivity contribution is -0.136. The van der Waals surface area contributed by atoms with Crippen LogP contribution in [-0.2, 0) is 9.53 Å². The number of halogens is 1. The standard InChI is InChI=1S/C28H33ClN4O8/c1-6-10-40-26-19(29)11-17(12-22(26)37-4)14-30-33-23(34)15-41-20-9-8-18(13-21(20)39-7-2)25-24(27(35)38-5)16(3)31-28(36)32-25/h6,8-9,11-14,23,25,33-34H,1,7,10,15H2,2-5H3,(H2,31,32,36)/b30-14-/t23-,25-/m0/s1. The second kappa shape index (κ2) is 14.8. The van der Waals surface area contributed by atoms with Gasteiger partial charge in [0.15, 0.2) is 29.2 Å². The number of carbonyl (C=O) groups excluding carboxylic acids is 2. The van der Waals surface area contributed by atoms with Crippen LogP contribution in [-0.4, -0.2) is 63.6 Å². The lowest BCUT2D eigenvalue weighted by Crippen LogP contribution is -2.45. The number of hydrogen-bond acceptors (Lipinski definition) is 10. The molecule has 0 unspecified atom stereocenters. The summed E-state index contributed by atoms with van der Waals surface area (Å²) in [4.78, 5) is 24.5. The van der Waals surface area contributed by atoms with Crippen LogP contribution in [0.1, 0.15) is 31.0 Å². The predicted octanol–water partition coefficient (Wildman–Crippen LogP) is 3.43. The molecule has 2 aromatic carbocycles. The van der Waals surface area contributed by atoms with E-state index in [1.54, 1.807) is 50.3 Å². The first kappa shape index (κ1) is 31.1. The molecule has 1 heterocycles. The topological polar surface area (TPSA) is 149 Å². The molecule has 2 aromatic rings. The quantitative estimate of drug-likeness (QED) is 0.0856. The summed E-state index contributed by atoms with van der Waals surface area (Å²) < 4.78 is 27.3. The zero-order chi connectivity index (χ0) is 29.9. The van der Waals surface area contributed by atoms with Crippen LogP contribution in [0.4, 0.5) is 4.79 Å². The third-order valence-electron chi connectivity index (χ3n) is 5.71. The minimum absolute atomic E-state index is 0.175. The summed E-state index contributed by atoms with van der Waals surface area (Å²) in [6.07, 6.45) is 1.88. The molecular formula is C28H33ClN4O8. The minimum Gasteiger partial charge on any atom is -0.493 e. The first-order valence-corrected chi connectivity index (χ1v) is 12.9. The second-order valence-electron chi connectivity index (χ2n) is 8.55. The molecule has 12 nitrogen and oxygen atoms in total. The van der Waals surface area contributed by atoms with Gasteiger partial charge in [-0.3, -0.25) is 5.43 Å². The van der Waals surface area contributed by atoms with E-state index in [2.05, 4.69) is 27.7 Å². The Balaban J connectivity index is 1.69. The largest absolute Gasteiger partial charge is 0.493 e. The van der Waals surface area contributed by atoms with E-state index in [4.69, 9.17) is 35.3 Å². The molecule has 2 amide bonds. The zero-order valence-electron chi connectivity index (χ0n) is 23.2. The number of hydrazone groups is 1. The fourth-order valence-electron chi connectivity index (χ4n) is 3.92. The lowest BCUT2D eigenvalue weighted by Gasteiger charge is -2.28. The fraction of sp³-hybridized carbons (Fsp3) is 0.321. The number of methoxy groups -OCH3 is 2. The van der Waals surface area contributed by atoms with Crippen molar-refractivity contribution in [2.75, 3.05) is 34.0 Å². The molecule has 0 spiro atoms. The monoisotopic (exact) mass is 588 g/mol. The molecule has 220 valence electrons. The highest BCUT2D eigenvalue weighted by Gasteiger charge is 2.32. The van der Waals surface area contributed by atoms with Gasteiger partial charge in [-0.1, -0.05) is 30.3 Å². The Morgan fingerprint density at radius 1 is 1.20 bits per heavy atom. The van der Waals surface area contributed by atoms with Crippen molar-refractivity contribution in [2.24, 2.45) is 5.10 Å². The zero-order valence-corrected chi connectivity index (χ0v) is 23.9. The summed E-state index contributed by atoms with van der Waals surface area (Å²) in [5, 5.41) is 20.0. The minimum atomic E-state index is -1.17. The van der Waals surface area contributed by atoms with Crippen LogP contribution in [0.15, 0.2) is 59.4 Å². The summed E-state index contributed by atoms with van der Waals surface area (Å²) in [6.45, 7) is 7.45. The normalized spacial score (nSPS) is 15.5. The molecular weight excluding hydrogens is 556 g/mol. The van der Waals surface area contributed by atoms with Crippen molar-refractivity contribution in [2.45, 2.75) is 26.1 Å². The molecule has 0 saturated carbocycles. The molecule has 41 heavy (non-hydrogen) atoms. The first-order chi connectivity index (χ1) is 19.7. The molecule has 4 N–H and O–H groups in total. The third-order valence-corrected chi connectivity index (χ3v) is 5.99. The maximum absolute atomic E-state index is 12.4. The van der Waals surface area contributed by atoms with Crippen molar-refractivity contribution in [1.29, 1.82) is 0 Å². The van der Waals surface area contributed by atoms with Crippen LogP contribution in [0.3, 0.4) is 0 Å². The molecule has 1 aliphatic heterocycles. The van der Waals surface area contributed by atoms with E-state index in [0.29, 0.717) is 51.5 Å². The average Bonchev–Trinajstić information content (AvgIpc) is 2.95. The highest BCUT2D eigenvalue weighted by molar-refractivity contribution is 6.32. The number of hydrogen-bond donors (Lipinski definition) is 4. The van der Waals surface area contributed by atoms with Gasteiger partial charge in [0.05, 0.1) is 43.7 Å². The van der Waals surface area contributed by atoms with Crippen molar-refractivity contribution < 1.29 is 38.4 Å². The van der Waals surface area contributed by atoms with E-state index in [1.165, 1.54) is 20.4 Å². The summed E-state index contributed by atoms with van der Waals surface area (Å²) in [7, 11) is 2.76. The number of allylic oxidation sites excluding steroid dienone is 1. The van der Waals surface area contributed by atoms with Crippen LogP contribution in [0, 0.1) is 0 Å². The second-order valence-corrected chi connectivity index (χ2v) is 8.96. The molecule has 13 heteroatoms. The Morgan fingerprint density at radius 3 is 2.66 bits per heavy atom. The fourth-order valence-corrected chi connectivity index (χ4v) is 4.19. The van der Waals surface area contributed by atoms with Crippen LogP contribution in [0.25, 0.3) is 0 Å². The van der Waals surface area contributed by atoms with Gasteiger partial charge in [0, 0.05) is 5.70 Å². The Bertz CT molecular complexity index is 1330. The summed E-state index contributed by atoms with van der Waals surface area (Å²) >= 11 is 6.30. The Hall–Kier alpha value is -4.42. The summed E-state index contributed by atoms with van der Waals surface area (Å²) in [6, 6.07) is 7.07. The Labute approximate surface area is 242 Å². The molecule has 0 radical (unpaired) electrons. The van der Waals surface area contributed by atoms with Gasteiger partial charge in [-0.25, -0.2) is 9.59 Å². The van der Waals surface area contributed by atoms with Gasteiger partial charge >= 0.3 is 12.0 Å². The molecule has 0 aliphatic carbocycles. The number of benzene rings is 2. The van der Waals surface area contributed by atoms with Crippen molar-refractivity contribution in [1.82, 2.24) is 16.1 Å². The lowest BCUT2D eigenvalue weighted by atomic mass is 9.95.